The number of anilines is 1. The van der Waals surface area contributed by atoms with Crippen LogP contribution in [0.2, 0.25) is 0 Å². The number of hydrogen-bond donors (Lipinski definition) is 2. The topological polar surface area (TPSA) is 89.6 Å². The first kappa shape index (κ1) is 18.8. The van der Waals surface area contributed by atoms with E-state index in [1.165, 1.54) is 18.3 Å². The first-order chi connectivity index (χ1) is 11.5. The molecule has 1 aromatic heterocycles. The number of amidine groups is 1. The van der Waals surface area contributed by atoms with Gasteiger partial charge in [0.25, 0.3) is 5.91 Å². The molecule has 2 heterocycles. The van der Waals surface area contributed by atoms with Crippen molar-refractivity contribution in [3.05, 3.63) is 59.7 Å². The van der Waals surface area contributed by atoms with E-state index >= 15 is 0 Å². The minimum absolute atomic E-state index is 0. The Morgan fingerprint density at radius 3 is 2.88 bits per heavy atom. The Hall–Kier alpha value is -2.51. The smallest absolute Gasteiger partial charge is 0.277 e. The molecule has 6 nitrogen and oxygen atoms in total. The molecule has 8 heteroatoms. The van der Waals surface area contributed by atoms with Gasteiger partial charge in [-0.15, -0.1) is 12.4 Å². The van der Waals surface area contributed by atoms with Gasteiger partial charge in [-0.2, -0.15) is 0 Å². The number of rotatable bonds is 3. The molecule has 1 aliphatic rings. The highest BCUT2D eigenvalue weighted by Crippen LogP contribution is 2.30. The molecule has 1 aliphatic heterocycles. The Morgan fingerprint density at radius 1 is 1.36 bits per heavy atom. The van der Waals surface area contributed by atoms with E-state index in [2.05, 4.69) is 15.3 Å². The second kappa shape index (κ2) is 7.58. The van der Waals surface area contributed by atoms with Crippen molar-refractivity contribution >= 4 is 29.8 Å². The summed E-state index contributed by atoms with van der Waals surface area (Å²) in [5.74, 6) is -0.858. The number of hydrogen-bond acceptors (Lipinski definition) is 5. The fourth-order valence-corrected chi connectivity index (χ4v) is 2.56. The van der Waals surface area contributed by atoms with Crippen LogP contribution in [0.1, 0.15) is 23.0 Å². The lowest BCUT2D eigenvalue weighted by atomic mass is 9.92. The van der Waals surface area contributed by atoms with Gasteiger partial charge in [-0.3, -0.25) is 9.79 Å². The first-order valence-electron chi connectivity index (χ1n) is 7.42. The Balaban J connectivity index is 0.00000225. The van der Waals surface area contributed by atoms with E-state index in [0.717, 1.165) is 5.56 Å². The first-order valence-corrected chi connectivity index (χ1v) is 7.42. The van der Waals surface area contributed by atoms with Crippen molar-refractivity contribution in [2.45, 2.75) is 12.5 Å². The number of aromatic nitrogens is 1. The maximum atomic E-state index is 13.6. The summed E-state index contributed by atoms with van der Waals surface area (Å²) in [6.45, 7) is 2.60. The molecule has 0 fully saturated rings. The van der Waals surface area contributed by atoms with Gasteiger partial charge in [-0.25, -0.2) is 9.37 Å². The minimum atomic E-state index is -0.670. The number of carbonyl (C=O) groups excluding carboxylic acids is 1. The summed E-state index contributed by atoms with van der Waals surface area (Å²) in [6.07, 6.45) is 1.37. The summed E-state index contributed by atoms with van der Waals surface area (Å²) in [7, 11) is 0. The van der Waals surface area contributed by atoms with Crippen molar-refractivity contribution < 1.29 is 13.9 Å². The van der Waals surface area contributed by atoms with Crippen molar-refractivity contribution in [1.29, 1.82) is 0 Å². The van der Waals surface area contributed by atoms with Gasteiger partial charge < -0.3 is 15.8 Å². The van der Waals surface area contributed by atoms with Crippen LogP contribution in [0.4, 0.5) is 10.1 Å². The quantitative estimate of drug-likeness (QED) is 0.875. The lowest BCUT2D eigenvalue weighted by Crippen LogP contribution is -2.37. The van der Waals surface area contributed by atoms with Crippen LogP contribution in [-0.2, 0) is 10.3 Å². The number of pyridine rings is 1. The Kier molecular flexibility index (Phi) is 5.71. The van der Waals surface area contributed by atoms with Gasteiger partial charge in [0, 0.05) is 11.9 Å². The van der Waals surface area contributed by atoms with Gasteiger partial charge in [-0.05, 0) is 36.8 Å². The van der Waals surface area contributed by atoms with E-state index in [0.29, 0.717) is 24.7 Å². The van der Waals surface area contributed by atoms with Gasteiger partial charge in [0.15, 0.2) is 11.5 Å². The van der Waals surface area contributed by atoms with Crippen molar-refractivity contribution in [3.63, 3.8) is 0 Å². The largest absolute Gasteiger partial charge is 0.386 e. The highest BCUT2D eigenvalue weighted by Gasteiger charge is 2.30. The molecule has 1 aromatic carbocycles. The van der Waals surface area contributed by atoms with Crippen LogP contribution < -0.4 is 11.1 Å². The molecule has 1 amide bonds. The third kappa shape index (κ3) is 4.12. The third-order valence-electron chi connectivity index (χ3n) is 3.74. The van der Waals surface area contributed by atoms with Crippen LogP contribution in [0.5, 0.6) is 0 Å². The molecule has 2 aromatic rings. The fraction of sp³-hybridized carbons (Fsp3) is 0.235. The van der Waals surface area contributed by atoms with Gasteiger partial charge in [0.05, 0.1) is 6.61 Å². The SMILES string of the molecule is CC1(c2cccc(NC(=O)c3ncccc3F)c2)COCC(N)=N1.Cl. The minimum Gasteiger partial charge on any atom is -0.386 e. The summed E-state index contributed by atoms with van der Waals surface area (Å²) >= 11 is 0. The molecule has 3 N–H and O–H groups in total. The van der Waals surface area contributed by atoms with Crippen LogP contribution in [-0.4, -0.2) is 29.9 Å². The molecule has 25 heavy (non-hydrogen) atoms. The Morgan fingerprint density at radius 2 is 2.16 bits per heavy atom. The number of nitrogens with zero attached hydrogens (tertiary/aromatic N) is 2. The Bertz CT molecular complexity index is 815. The molecule has 3 rings (SSSR count). The summed E-state index contributed by atoms with van der Waals surface area (Å²) < 4.78 is 19.1. The highest BCUT2D eigenvalue weighted by atomic mass is 35.5. The summed E-state index contributed by atoms with van der Waals surface area (Å²) in [4.78, 5) is 20.4. The van der Waals surface area contributed by atoms with Gasteiger partial charge in [-0.1, -0.05) is 12.1 Å². The molecule has 0 radical (unpaired) electrons. The van der Waals surface area contributed by atoms with Crippen molar-refractivity contribution in [2.24, 2.45) is 10.7 Å². The molecule has 1 atom stereocenters. The molecule has 1 unspecified atom stereocenters. The van der Waals surface area contributed by atoms with Crippen molar-refractivity contribution in [2.75, 3.05) is 18.5 Å². The molecule has 0 spiro atoms. The predicted octanol–water partition coefficient (Wildman–Crippen LogP) is 2.50. The molecular weight excluding hydrogens is 347 g/mol. The van der Waals surface area contributed by atoms with E-state index in [4.69, 9.17) is 10.5 Å². The maximum Gasteiger partial charge on any atom is 0.277 e. The molecule has 0 aliphatic carbocycles. The second-order valence-electron chi connectivity index (χ2n) is 5.74. The number of nitrogens with two attached hydrogens (primary N) is 1. The van der Waals surface area contributed by atoms with E-state index in [1.807, 2.05) is 13.0 Å². The lowest BCUT2D eigenvalue weighted by Gasteiger charge is -2.30. The molecule has 132 valence electrons. The van der Waals surface area contributed by atoms with E-state index < -0.39 is 17.3 Å². The van der Waals surface area contributed by atoms with Crippen LogP contribution in [0.15, 0.2) is 47.6 Å². The average Bonchev–Trinajstić information content (AvgIpc) is 2.55. The van der Waals surface area contributed by atoms with E-state index in [9.17, 15) is 9.18 Å². The number of ether oxygens (including phenoxy) is 1. The Labute approximate surface area is 150 Å². The van der Waals surface area contributed by atoms with Crippen LogP contribution in [0.25, 0.3) is 0 Å². The van der Waals surface area contributed by atoms with Gasteiger partial charge in [0.1, 0.15) is 18.0 Å². The number of benzene rings is 1. The monoisotopic (exact) mass is 364 g/mol. The zero-order chi connectivity index (χ0) is 17.2. The average molecular weight is 365 g/mol. The predicted molar refractivity (Wildman–Crippen MR) is 95.6 cm³/mol. The van der Waals surface area contributed by atoms with E-state index in [-0.39, 0.29) is 18.1 Å². The lowest BCUT2D eigenvalue weighted by molar-refractivity contribution is 0.101. The highest BCUT2D eigenvalue weighted by molar-refractivity contribution is 6.03. The third-order valence-corrected chi connectivity index (χ3v) is 3.74. The van der Waals surface area contributed by atoms with E-state index in [1.54, 1.807) is 18.2 Å². The van der Waals surface area contributed by atoms with Crippen molar-refractivity contribution in [3.8, 4) is 0 Å². The fourth-order valence-electron chi connectivity index (χ4n) is 2.56. The number of carbonyl (C=O) groups is 1. The standard InChI is InChI=1S/C17H17FN4O2.ClH/c1-17(10-24-9-14(19)22-17)11-4-2-5-12(8-11)21-16(23)15-13(18)6-3-7-20-15;/h2-8H,9-10H2,1H3,(H2,19,22)(H,21,23);1H. The molecule has 0 bridgehead atoms. The summed E-state index contributed by atoms with van der Waals surface area (Å²) in [5.41, 5.74) is 6.24. The number of nitrogens with one attached hydrogen (secondary N) is 1. The number of amides is 1. The van der Waals surface area contributed by atoms with Gasteiger partial charge >= 0.3 is 0 Å². The van der Waals surface area contributed by atoms with Crippen LogP contribution >= 0.6 is 12.4 Å². The zero-order valence-corrected chi connectivity index (χ0v) is 14.3. The number of aliphatic imine (C=N–C) groups is 1. The number of halogens is 2. The summed E-state index contributed by atoms with van der Waals surface area (Å²) in [5, 5.41) is 2.64. The summed E-state index contributed by atoms with van der Waals surface area (Å²) in [6, 6.07) is 9.76. The zero-order valence-electron chi connectivity index (χ0n) is 13.5. The molecular formula is C17H18ClFN4O2. The normalized spacial score (nSPS) is 19.5. The van der Waals surface area contributed by atoms with Crippen LogP contribution in [0.3, 0.4) is 0 Å². The second-order valence-corrected chi connectivity index (χ2v) is 5.74. The molecule has 0 saturated heterocycles. The maximum absolute atomic E-state index is 13.6. The van der Waals surface area contributed by atoms with Gasteiger partial charge in [0.2, 0.25) is 0 Å². The van der Waals surface area contributed by atoms with Crippen molar-refractivity contribution in [1.82, 2.24) is 4.98 Å². The molecule has 0 saturated carbocycles. The van der Waals surface area contributed by atoms with Crippen LogP contribution in [0, 0.1) is 5.82 Å².